The van der Waals surface area contributed by atoms with E-state index in [0.29, 0.717) is 6.54 Å². The molecule has 0 bridgehead atoms. The van der Waals surface area contributed by atoms with Crippen molar-refractivity contribution in [3.05, 3.63) is 18.7 Å². The van der Waals surface area contributed by atoms with Crippen molar-refractivity contribution in [1.82, 2.24) is 14.9 Å². The molecule has 0 unspecified atom stereocenters. The van der Waals surface area contributed by atoms with Crippen LogP contribution >= 0.6 is 0 Å². The first-order chi connectivity index (χ1) is 6.08. The number of aliphatic hydroxyl groups is 1. The molecule has 4 heteroatoms. The van der Waals surface area contributed by atoms with Crippen molar-refractivity contribution in [2.75, 3.05) is 13.1 Å². The fourth-order valence-electron chi connectivity index (χ4n) is 1.02. The van der Waals surface area contributed by atoms with Crippen molar-refractivity contribution in [3.63, 3.8) is 0 Å². The van der Waals surface area contributed by atoms with Gasteiger partial charge in [-0.3, -0.25) is 0 Å². The Morgan fingerprint density at radius 1 is 1.54 bits per heavy atom. The van der Waals surface area contributed by atoms with Crippen LogP contribution in [0.4, 0.5) is 0 Å². The summed E-state index contributed by atoms with van der Waals surface area (Å²) in [6, 6.07) is 0. The van der Waals surface area contributed by atoms with E-state index in [9.17, 15) is 5.11 Å². The lowest BCUT2D eigenvalue weighted by atomic mass is 10.1. The largest absolute Gasteiger partial charge is 0.389 e. The molecule has 4 nitrogen and oxygen atoms in total. The molecule has 1 aromatic heterocycles. The molecule has 0 saturated carbocycles. The molecular formula is C9H17N3O. The topological polar surface area (TPSA) is 50.1 Å². The van der Waals surface area contributed by atoms with Crippen LogP contribution in [0.25, 0.3) is 0 Å². The highest BCUT2D eigenvalue weighted by molar-refractivity contribution is 4.75. The molecule has 0 atom stereocenters. The second-order valence-corrected chi connectivity index (χ2v) is 3.79. The second kappa shape index (κ2) is 4.39. The smallest absolute Gasteiger partial charge is 0.0946 e. The van der Waals surface area contributed by atoms with Gasteiger partial charge in [0.05, 0.1) is 11.9 Å². The predicted molar refractivity (Wildman–Crippen MR) is 51.4 cm³/mol. The Kier molecular flexibility index (Phi) is 3.45. The van der Waals surface area contributed by atoms with Crippen LogP contribution in [0.5, 0.6) is 0 Å². The summed E-state index contributed by atoms with van der Waals surface area (Å²) >= 11 is 0. The minimum Gasteiger partial charge on any atom is -0.389 e. The van der Waals surface area contributed by atoms with Gasteiger partial charge in [0.25, 0.3) is 0 Å². The highest BCUT2D eigenvalue weighted by Crippen LogP contribution is 1.96. The summed E-state index contributed by atoms with van der Waals surface area (Å²) in [6.07, 6.45) is 5.47. The van der Waals surface area contributed by atoms with Crippen LogP contribution < -0.4 is 5.32 Å². The maximum atomic E-state index is 9.39. The van der Waals surface area contributed by atoms with E-state index < -0.39 is 5.60 Å². The third-order valence-electron chi connectivity index (χ3n) is 1.66. The van der Waals surface area contributed by atoms with Crippen molar-refractivity contribution in [3.8, 4) is 0 Å². The number of hydrogen-bond donors (Lipinski definition) is 2. The normalized spacial score (nSPS) is 11.9. The first-order valence-corrected chi connectivity index (χ1v) is 4.47. The number of aromatic nitrogens is 2. The van der Waals surface area contributed by atoms with Gasteiger partial charge in [-0.2, -0.15) is 0 Å². The lowest BCUT2D eigenvalue weighted by molar-refractivity contribution is 0.0798. The van der Waals surface area contributed by atoms with Crippen LogP contribution in [0.2, 0.25) is 0 Å². The summed E-state index contributed by atoms with van der Waals surface area (Å²) < 4.78 is 2.00. The summed E-state index contributed by atoms with van der Waals surface area (Å²) in [6.45, 7) is 5.92. The van der Waals surface area contributed by atoms with E-state index >= 15 is 0 Å². The number of nitrogens with zero attached hydrogens (tertiary/aromatic N) is 2. The number of rotatable bonds is 5. The molecular weight excluding hydrogens is 166 g/mol. The Labute approximate surface area is 78.6 Å². The highest BCUT2D eigenvalue weighted by Gasteiger charge is 2.10. The Balaban J connectivity index is 2.09. The van der Waals surface area contributed by atoms with Crippen LogP contribution in [0.1, 0.15) is 13.8 Å². The molecule has 74 valence electrons. The van der Waals surface area contributed by atoms with Gasteiger partial charge in [-0.15, -0.1) is 0 Å². The van der Waals surface area contributed by atoms with Crippen LogP contribution in [-0.4, -0.2) is 33.3 Å². The predicted octanol–water partition coefficient (Wildman–Crippen LogP) is 0.244. The zero-order valence-corrected chi connectivity index (χ0v) is 8.20. The highest BCUT2D eigenvalue weighted by atomic mass is 16.3. The van der Waals surface area contributed by atoms with E-state index in [1.54, 1.807) is 26.4 Å². The molecule has 0 spiro atoms. The van der Waals surface area contributed by atoms with E-state index in [4.69, 9.17) is 0 Å². The first kappa shape index (κ1) is 10.2. The molecule has 1 heterocycles. The third-order valence-corrected chi connectivity index (χ3v) is 1.66. The molecule has 2 N–H and O–H groups in total. The van der Waals surface area contributed by atoms with Crippen molar-refractivity contribution >= 4 is 0 Å². The summed E-state index contributed by atoms with van der Waals surface area (Å²) in [5.74, 6) is 0. The van der Waals surface area contributed by atoms with Gasteiger partial charge >= 0.3 is 0 Å². The summed E-state index contributed by atoms with van der Waals surface area (Å²) in [4.78, 5) is 3.94. The average molecular weight is 183 g/mol. The van der Waals surface area contributed by atoms with Crippen molar-refractivity contribution in [2.24, 2.45) is 0 Å². The Hall–Kier alpha value is -0.870. The number of imidazole rings is 1. The van der Waals surface area contributed by atoms with Crippen molar-refractivity contribution < 1.29 is 5.11 Å². The molecule has 1 aromatic rings. The van der Waals surface area contributed by atoms with Gasteiger partial charge in [0.2, 0.25) is 0 Å². The van der Waals surface area contributed by atoms with Crippen molar-refractivity contribution in [2.45, 2.75) is 26.0 Å². The van der Waals surface area contributed by atoms with Gasteiger partial charge in [0.1, 0.15) is 0 Å². The molecule has 0 aliphatic carbocycles. The summed E-state index contributed by atoms with van der Waals surface area (Å²) in [5.41, 5.74) is -0.630. The fraction of sp³-hybridized carbons (Fsp3) is 0.667. The maximum Gasteiger partial charge on any atom is 0.0946 e. The van der Waals surface area contributed by atoms with Gasteiger partial charge in [-0.05, 0) is 13.8 Å². The number of nitrogens with one attached hydrogen (secondary N) is 1. The third kappa shape index (κ3) is 4.65. The van der Waals surface area contributed by atoms with Gasteiger partial charge in [0, 0.05) is 32.0 Å². The van der Waals surface area contributed by atoms with Crippen LogP contribution in [0, 0.1) is 0 Å². The lowest BCUT2D eigenvalue weighted by Gasteiger charge is -2.17. The van der Waals surface area contributed by atoms with Crippen molar-refractivity contribution in [1.29, 1.82) is 0 Å². The van der Waals surface area contributed by atoms with Gasteiger partial charge in [0.15, 0.2) is 0 Å². The summed E-state index contributed by atoms with van der Waals surface area (Å²) in [5, 5.41) is 12.6. The quantitative estimate of drug-likeness (QED) is 0.643. The maximum absolute atomic E-state index is 9.39. The van der Waals surface area contributed by atoms with Gasteiger partial charge < -0.3 is 15.0 Å². The second-order valence-electron chi connectivity index (χ2n) is 3.79. The van der Waals surface area contributed by atoms with Crippen LogP contribution in [-0.2, 0) is 6.54 Å². The Morgan fingerprint density at radius 3 is 2.85 bits per heavy atom. The van der Waals surface area contributed by atoms with Gasteiger partial charge in [-0.25, -0.2) is 4.98 Å². The molecule has 0 aromatic carbocycles. The lowest BCUT2D eigenvalue weighted by Crippen LogP contribution is -2.36. The van der Waals surface area contributed by atoms with E-state index in [1.165, 1.54) is 0 Å². The zero-order valence-electron chi connectivity index (χ0n) is 8.20. The monoisotopic (exact) mass is 183 g/mol. The Morgan fingerprint density at radius 2 is 2.31 bits per heavy atom. The molecule has 13 heavy (non-hydrogen) atoms. The fourth-order valence-corrected chi connectivity index (χ4v) is 1.02. The molecule has 0 saturated heterocycles. The molecule has 1 rings (SSSR count). The SMILES string of the molecule is CC(C)(O)CNCCn1ccnc1. The van der Waals surface area contributed by atoms with Crippen LogP contribution in [0.15, 0.2) is 18.7 Å². The molecule has 0 radical (unpaired) electrons. The van der Waals surface area contributed by atoms with Gasteiger partial charge in [-0.1, -0.05) is 0 Å². The standard InChI is InChI=1S/C9H17N3O/c1-9(2,13)7-10-3-5-12-6-4-11-8-12/h4,6,8,10,13H,3,5,7H2,1-2H3. The zero-order chi connectivity index (χ0) is 9.73. The molecule has 0 fully saturated rings. The minimum atomic E-state index is -0.630. The van der Waals surface area contributed by atoms with Crippen LogP contribution in [0.3, 0.4) is 0 Å². The number of hydrogen-bond acceptors (Lipinski definition) is 3. The average Bonchev–Trinajstić information content (AvgIpc) is 2.48. The molecule has 0 amide bonds. The summed E-state index contributed by atoms with van der Waals surface area (Å²) in [7, 11) is 0. The minimum absolute atomic E-state index is 0.613. The van der Waals surface area contributed by atoms with E-state index in [1.807, 2.05) is 10.8 Å². The van der Waals surface area contributed by atoms with E-state index in [0.717, 1.165) is 13.1 Å². The Bertz CT molecular complexity index is 226. The van der Waals surface area contributed by atoms with E-state index in [-0.39, 0.29) is 0 Å². The van der Waals surface area contributed by atoms with E-state index in [2.05, 4.69) is 10.3 Å². The molecule has 0 aliphatic rings. The molecule has 0 aliphatic heterocycles. The first-order valence-electron chi connectivity index (χ1n) is 4.47.